The molecule has 0 aromatic rings. The quantitative estimate of drug-likeness (QED) is 0.657. The summed E-state index contributed by atoms with van der Waals surface area (Å²) >= 11 is 0. The second kappa shape index (κ2) is 8.86. The molecule has 0 bridgehead atoms. The maximum Gasteiger partial charge on any atom is 0.0700 e. The number of hydrogen-bond acceptors (Lipinski definition) is 4. The van der Waals surface area contributed by atoms with Gasteiger partial charge in [-0.1, -0.05) is 13.8 Å². The van der Waals surface area contributed by atoms with Crippen molar-refractivity contribution in [2.45, 2.75) is 38.8 Å². The van der Waals surface area contributed by atoms with Gasteiger partial charge in [-0.25, -0.2) is 0 Å². The lowest BCUT2D eigenvalue weighted by molar-refractivity contribution is -0.0254. The van der Waals surface area contributed by atoms with Gasteiger partial charge in [-0.3, -0.25) is 0 Å². The molecule has 1 rings (SSSR count). The third-order valence-electron chi connectivity index (χ3n) is 3.17. The van der Waals surface area contributed by atoms with Gasteiger partial charge in [-0.15, -0.1) is 0 Å². The summed E-state index contributed by atoms with van der Waals surface area (Å²) < 4.78 is 16.1. The van der Waals surface area contributed by atoms with Gasteiger partial charge in [-0.2, -0.15) is 0 Å². The van der Waals surface area contributed by atoms with E-state index in [2.05, 4.69) is 19.2 Å². The number of methoxy groups -OCH3 is 1. The molecule has 1 saturated heterocycles. The Labute approximate surface area is 105 Å². The topological polar surface area (TPSA) is 39.7 Å². The molecule has 0 spiro atoms. The molecule has 17 heavy (non-hydrogen) atoms. The monoisotopic (exact) mass is 245 g/mol. The van der Waals surface area contributed by atoms with Gasteiger partial charge in [-0.05, 0) is 18.8 Å². The zero-order valence-corrected chi connectivity index (χ0v) is 11.4. The Morgan fingerprint density at radius 2 is 2.12 bits per heavy atom. The van der Waals surface area contributed by atoms with Gasteiger partial charge < -0.3 is 19.5 Å². The molecule has 0 aromatic carbocycles. The third-order valence-corrected chi connectivity index (χ3v) is 3.17. The molecule has 0 amide bonds. The molecule has 2 unspecified atom stereocenters. The van der Waals surface area contributed by atoms with Crippen molar-refractivity contribution < 1.29 is 14.2 Å². The van der Waals surface area contributed by atoms with Crippen LogP contribution in [0.25, 0.3) is 0 Å². The third kappa shape index (κ3) is 6.36. The van der Waals surface area contributed by atoms with Crippen LogP contribution in [0.3, 0.4) is 0 Å². The van der Waals surface area contributed by atoms with Crippen LogP contribution in [0.4, 0.5) is 0 Å². The first kappa shape index (κ1) is 14.9. The van der Waals surface area contributed by atoms with Crippen LogP contribution in [0.5, 0.6) is 0 Å². The Morgan fingerprint density at radius 1 is 1.29 bits per heavy atom. The lowest BCUT2D eigenvalue weighted by Crippen LogP contribution is -2.42. The largest absolute Gasteiger partial charge is 0.382 e. The first-order valence-corrected chi connectivity index (χ1v) is 6.65. The van der Waals surface area contributed by atoms with Crippen LogP contribution in [-0.4, -0.2) is 52.2 Å². The summed E-state index contributed by atoms with van der Waals surface area (Å²) in [6.07, 6.45) is 2.65. The Hall–Kier alpha value is -0.160. The molecule has 1 aliphatic rings. The number of hydrogen-bond donors (Lipinski definition) is 1. The highest BCUT2D eigenvalue weighted by molar-refractivity contribution is 4.78. The van der Waals surface area contributed by atoms with Crippen LogP contribution in [0.2, 0.25) is 0 Å². The van der Waals surface area contributed by atoms with E-state index in [1.807, 2.05) is 0 Å². The molecule has 4 nitrogen and oxygen atoms in total. The van der Waals surface area contributed by atoms with Gasteiger partial charge in [0.25, 0.3) is 0 Å². The predicted octanol–water partition coefficient (Wildman–Crippen LogP) is 1.44. The summed E-state index contributed by atoms with van der Waals surface area (Å²) in [5.74, 6) is 0.609. The van der Waals surface area contributed by atoms with Gasteiger partial charge in [0.05, 0.1) is 25.9 Å². The van der Waals surface area contributed by atoms with Crippen LogP contribution in [0, 0.1) is 5.92 Å². The van der Waals surface area contributed by atoms with Crippen LogP contribution >= 0.6 is 0 Å². The van der Waals surface area contributed by atoms with Crippen molar-refractivity contribution in [3.8, 4) is 0 Å². The zero-order valence-electron chi connectivity index (χ0n) is 11.4. The fourth-order valence-corrected chi connectivity index (χ4v) is 2.06. The van der Waals surface area contributed by atoms with Gasteiger partial charge in [0.15, 0.2) is 0 Å². The van der Waals surface area contributed by atoms with E-state index in [1.165, 1.54) is 0 Å². The standard InChI is InChI=1S/C13H27NO3/c1-11(2)13-10-12(4-6-17-13)14-5-7-16-9-8-15-3/h11-14H,4-10H2,1-3H3. The van der Waals surface area contributed by atoms with Crippen LogP contribution in [0.15, 0.2) is 0 Å². The summed E-state index contributed by atoms with van der Waals surface area (Å²) in [4.78, 5) is 0. The molecular formula is C13H27NO3. The van der Waals surface area contributed by atoms with Crippen molar-refractivity contribution in [3.05, 3.63) is 0 Å². The molecule has 2 atom stereocenters. The van der Waals surface area contributed by atoms with E-state index >= 15 is 0 Å². The van der Waals surface area contributed by atoms with E-state index in [9.17, 15) is 0 Å². The van der Waals surface area contributed by atoms with Gasteiger partial charge in [0, 0.05) is 26.3 Å². The molecule has 1 aliphatic heterocycles. The summed E-state index contributed by atoms with van der Waals surface area (Å²) in [7, 11) is 1.69. The minimum Gasteiger partial charge on any atom is -0.382 e. The zero-order chi connectivity index (χ0) is 12.5. The highest BCUT2D eigenvalue weighted by Gasteiger charge is 2.24. The minimum atomic E-state index is 0.413. The fraction of sp³-hybridized carbons (Fsp3) is 1.00. The summed E-state index contributed by atoms with van der Waals surface area (Å²) in [5, 5.41) is 3.54. The Balaban J connectivity index is 2.02. The van der Waals surface area contributed by atoms with Crippen molar-refractivity contribution in [2.75, 3.05) is 40.1 Å². The highest BCUT2D eigenvalue weighted by Crippen LogP contribution is 2.19. The Kier molecular flexibility index (Phi) is 7.77. The lowest BCUT2D eigenvalue weighted by atomic mass is 9.95. The Morgan fingerprint density at radius 3 is 2.82 bits per heavy atom. The second-order valence-electron chi connectivity index (χ2n) is 4.93. The molecule has 1 N–H and O–H groups in total. The van der Waals surface area contributed by atoms with E-state index in [0.29, 0.717) is 31.3 Å². The highest BCUT2D eigenvalue weighted by atomic mass is 16.5. The van der Waals surface area contributed by atoms with E-state index in [0.717, 1.165) is 32.6 Å². The molecular weight excluding hydrogens is 218 g/mol. The minimum absolute atomic E-state index is 0.413. The van der Waals surface area contributed by atoms with Gasteiger partial charge in [0.2, 0.25) is 0 Å². The van der Waals surface area contributed by atoms with Crippen molar-refractivity contribution in [3.63, 3.8) is 0 Å². The maximum atomic E-state index is 5.74. The van der Waals surface area contributed by atoms with Gasteiger partial charge in [0.1, 0.15) is 0 Å². The average Bonchev–Trinajstić information content (AvgIpc) is 2.34. The molecule has 0 saturated carbocycles. The van der Waals surface area contributed by atoms with E-state index < -0.39 is 0 Å². The molecule has 4 heteroatoms. The lowest BCUT2D eigenvalue weighted by Gasteiger charge is -2.32. The second-order valence-corrected chi connectivity index (χ2v) is 4.93. The number of rotatable bonds is 8. The Bertz CT molecular complexity index is 188. The van der Waals surface area contributed by atoms with Crippen molar-refractivity contribution in [1.29, 1.82) is 0 Å². The van der Waals surface area contributed by atoms with Crippen molar-refractivity contribution in [2.24, 2.45) is 5.92 Å². The van der Waals surface area contributed by atoms with E-state index in [4.69, 9.17) is 14.2 Å². The number of nitrogens with one attached hydrogen (secondary N) is 1. The SMILES string of the molecule is COCCOCCNC1CCOC(C(C)C)C1. The van der Waals surface area contributed by atoms with Crippen LogP contribution in [-0.2, 0) is 14.2 Å². The predicted molar refractivity (Wildman–Crippen MR) is 68.3 cm³/mol. The smallest absolute Gasteiger partial charge is 0.0700 e. The summed E-state index contributed by atoms with van der Waals surface area (Å²) in [6.45, 7) is 8.35. The molecule has 1 fully saturated rings. The van der Waals surface area contributed by atoms with Crippen LogP contribution in [0.1, 0.15) is 26.7 Å². The molecule has 1 heterocycles. The number of ether oxygens (including phenoxy) is 3. The molecule has 0 aromatic heterocycles. The summed E-state index contributed by atoms with van der Waals surface area (Å²) in [5.41, 5.74) is 0. The van der Waals surface area contributed by atoms with Gasteiger partial charge >= 0.3 is 0 Å². The van der Waals surface area contributed by atoms with Crippen LogP contribution < -0.4 is 5.32 Å². The molecule has 0 radical (unpaired) electrons. The summed E-state index contributed by atoms with van der Waals surface area (Å²) in [6, 6.07) is 0.585. The fourth-order valence-electron chi connectivity index (χ4n) is 2.06. The first-order chi connectivity index (χ1) is 8.24. The molecule has 102 valence electrons. The van der Waals surface area contributed by atoms with E-state index in [-0.39, 0.29) is 0 Å². The normalized spacial score (nSPS) is 25.4. The average molecular weight is 245 g/mol. The van der Waals surface area contributed by atoms with Crippen molar-refractivity contribution >= 4 is 0 Å². The van der Waals surface area contributed by atoms with Crippen molar-refractivity contribution in [1.82, 2.24) is 5.32 Å². The maximum absolute atomic E-state index is 5.74. The first-order valence-electron chi connectivity index (χ1n) is 6.65. The van der Waals surface area contributed by atoms with E-state index in [1.54, 1.807) is 7.11 Å². The molecule has 0 aliphatic carbocycles.